The third-order valence-corrected chi connectivity index (χ3v) is 4.91. The lowest BCUT2D eigenvalue weighted by atomic mass is 10.2. The van der Waals surface area contributed by atoms with Crippen molar-refractivity contribution in [2.24, 2.45) is 0 Å². The number of carbonyl (C=O) groups is 1. The van der Waals surface area contributed by atoms with Crippen LogP contribution in [-0.4, -0.2) is 41.8 Å². The second-order valence-corrected chi connectivity index (χ2v) is 6.56. The van der Waals surface area contributed by atoms with Gasteiger partial charge < -0.3 is 5.11 Å². The zero-order valence-electron chi connectivity index (χ0n) is 12.4. The van der Waals surface area contributed by atoms with Gasteiger partial charge in [-0.05, 0) is 25.0 Å². The normalized spacial score (nSPS) is 11.6. The van der Waals surface area contributed by atoms with Gasteiger partial charge >= 0.3 is 5.97 Å². The van der Waals surface area contributed by atoms with E-state index in [-0.39, 0.29) is 18.7 Å². The Balaban J connectivity index is 3.45. The Morgan fingerprint density at radius 1 is 1.27 bits per heavy atom. The monoisotopic (exact) mass is 330 g/mol. The number of aromatic carboxylic acids is 1. The van der Waals surface area contributed by atoms with Crippen LogP contribution in [0, 0.1) is 10.1 Å². The molecule has 0 saturated carbocycles. The molecule has 9 heteroatoms. The molecule has 0 bridgehead atoms. The second kappa shape index (κ2) is 7.32. The average molecular weight is 330 g/mol. The summed E-state index contributed by atoms with van der Waals surface area (Å²) >= 11 is 0. The van der Waals surface area contributed by atoms with Gasteiger partial charge in [-0.1, -0.05) is 13.8 Å². The Hall–Kier alpha value is -2.00. The molecule has 0 fully saturated rings. The van der Waals surface area contributed by atoms with E-state index in [1.807, 2.05) is 0 Å². The topological polar surface area (TPSA) is 118 Å². The predicted octanol–water partition coefficient (Wildman–Crippen LogP) is 2.10. The molecule has 0 heterocycles. The number of nitro groups is 1. The van der Waals surface area contributed by atoms with Crippen molar-refractivity contribution >= 4 is 21.7 Å². The highest BCUT2D eigenvalue weighted by Crippen LogP contribution is 2.28. The summed E-state index contributed by atoms with van der Waals surface area (Å²) < 4.78 is 26.4. The van der Waals surface area contributed by atoms with E-state index in [1.54, 1.807) is 13.8 Å². The van der Waals surface area contributed by atoms with Gasteiger partial charge in [0.15, 0.2) is 4.90 Å². The minimum Gasteiger partial charge on any atom is -0.478 e. The van der Waals surface area contributed by atoms with Crippen molar-refractivity contribution in [3.63, 3.8) is 0 Å². The van der Waals surface area contributed by atoms with E-state index in [1.165, 1.54) is 4.31 Å². The van der Waals surface area contributed by atoms with Crippen LogP contribution in [0.3, 0.4) is 0 Å². The highest BCUT2D eigenvalue weighted by Gasteiger charge is 2.31. The molecule has 1 N–H and O–H groups in total. The highest BCUT2D eigenvalue weighted by molar-refractivity contribution is 7.89. The number of hydrogen-bond acceptors (Lipinski definition) is 5. The predicted molar refractivity (Wildman–Crippen MR) is 79.4 cm³/mol. The molecule has 0 spiro atoms. The maximum atomic E-state index is 12.6. The maximum absolute atomic E-state index is 12.6. The summed E-state index contributed by atoms with van der Waals surface area (Å²) in [6.45, 7) is 4.10. The fraction of sp³-hybridized carbons (Fsp3) is 0.462. The smallest absolute Gasteiger partial charge is 0.335 e. The first-order valence-corrected chi connectivity index (χ1v) is 8.21. The van der Waals surface area contributed by atoms with Crippen LogP contribution < -0.4 is 0 Å². The average Bonchev–Trinajstić information content (AvgIpc) is 2.46. The van der Waals surface area contributed by atoms with E-state index in [4.69, 9.17) is 5.11 Å². The van der Waals surface area contributed by atoms with E-state index in [2.05, 4.69) is 0 Å². The maximum Gasteiger partial charge on any atom is 0.335 e. The molecule has 0 aliphatic carbocycles. The van der Waals surface area contributed by atoms with Gasteiger partial charge in [-0.25, -0.2) is 13.2 Å². The van der Waals surface area contributed by atoms with Gasteiger partial charge in [0.05, 0.1) is 10.5 Å². The fourth-order valence-corrected chi connectivity index (χ4v) is 3.76. The number of carboxylic acids is 1. The lowest BCUT2D eigenvalue weighted by Crippen LogP contribution is -2.33. The van der Waals surface area contributed by atoms with Crippen LogP contribution in [-0.2, 0) is 10.0 Å². The van der Waals surface area contributed by atoms with Crippen molar-refractivity contribution < 1.29 is 23.2 Å². The molecule has 0 saturated heterocycles. The van der Waals surface area contributed by atoms with Crippen molar-refractivity contribution in [3.8, 4) is 0 Å². The quantitative estimate of drug-likeness (QED) is 0.576. The zero-order chi connectivity index (χ0) is 16.9. The van der Waals surface area contributed by atoms with Crippen molar-refractivity contribution in [3.05, 3.63) is 33.9 Å². The van der Waals surface area contributed by atoms with Crippen LogP contribution in [0.4, 0.5) is 5.69 Å². The van der Waals surface area contributed by atoms with Gasteiger partial charge in [-0.2, -0.15) is 4.31 Å². The molecule has 1 aromatic carbocycles. The number of nitro benzene ring substituents is 1. The van der Waals surface area contributed by atoms with Crippen molar-refractivity contribution in [1.82, 2.24) is 4.31 Å². The summed E-state index contributed by atoms with van der Waals surface area (Å²) in [7, 11) is -4.04. The number of rotatable bonds is 8. The lowest BCUT2D eigenvalue weighted by Gasteiger charge is -2.20. The molecule has 0 aliphatic rings. The van der Waals surface area contributed by atoms with Gasteiger partial charge in [-0.15, -0.1) is 0 Å². The first kappa shape index (κ1) is 18.1. The molecule has 1 rings (SSSR count). The summed E-state index contributed by atoms with van der Waals surface area (Å²) in [5, 5.41) is 20.0. The Morgan fingerprint density at radius 2 is 1.82 bits per heavy atom. The summed E-state index contributed by atoms with van der Waals surface area (Å²) in [6.07, 6.45) is 1.14. The van der Waals surface area contributed by atoms with E-state index in [9.17, 15) is 23.3 Å². The molecule has 0 atom stereocenters. The van der Waals surface area contributed by atoms with Crippen LogP contribution in [0.1, 0.15) is 37.0 Å². The summed E-state index contributed by atoms with van der Waals surface area (Å²) in [6, 6.07) is 2.80. The summed E-state index contributed by atoms with van der Waals surface area (Å²) in [5.41, 5.74) is -1.06. The number of benzene rings is 1. The van der Waals surface area contributed by atoms with Gasteiger partial charge in [0.25, 0.3) is 5.69 Å². The first-order chi connectivity index (χ1) is 10.3. The molecule has 8 nitrogen and oxygen atoms in total. The van der Waals surface area contributed by atoms with Crippen molar-refractivity contribution in [2.45, 2.75) is 31.6 Å². The number of hydrogen-bond donors (Lipinski definition) is 1. The molecule has 1 aromatic rings. The van der Waals surface area contributed by atoms with Crippen molar-refractivity contribution in [2.75, 3.05) is 13.1 Å². The van der Waals surface area contributed by atoms with Gasteiger partial charge in [0.2, 0.25) is 10.0 Å². The van der Waals surface area contributed by atoms with E-state index >= 15 is 0 Å². The van der Waals surface area contributed by atoms with Crippen molar-refractivity contribution in [1.29, 1.82) is 0 Å². The molecule has 22 heavy (non-hydrogen) atoms. The fourth-order valence-electron chi connectivity index (χ4n) is 2.00. The van der Waals surface area contributed by atoms with Crippen LogP contribution >= 0.6 is 0 Å². The first-order valence-electron chi connectivity index (χ1n) is 6.77. The minimum atomic E-state index is -4.04. The highest BCUT2D eigenvalue weighted by atomic mass is 32.2. The molecule has 0 unspecified atom stereocenters. The van der Waals surface area contributed by atoms with Crippen LogP contribution in [0.2, 0.25) is 0 Å². The molecule has 0 aromatic heterocycles. The van der Waals surface area contributed by atoms with Gasteiger partial charge in [0.1, 0.15) is 0 Å². The largest absolute Gasteiger partial charge is 0.478 e. The molecular formula is C13H18N2O6S. The Kier molecular flexibility index (Phi) is 6.01. The van der Waals surface area contributed by atoms with E-state index < -0.39 is 31.5 Å². The lowest BCUT2D eigenvalue weighted by molar-refractivity contribution is -0.387. The number of carboxylic acid groups (broad SMARTS) is 1. The van der Waals surface area contributed by atoms with E-state index in [0.29, 0.717) is 12.8 Å². The SMILES string of the molecule is CCCN(CCC)S(=O)(=O)c1ccc(C(=O)O)cc1[N+](=O)[O-]. The zero-order valence-corrected chi connectivity index (χ0v) is 13.2. The Bertz CT molecular complexity index is 665. The molecule has 0 aliphatic heterocycles. The number of nitrogens with zero attached hydrogens (tertiary/aromatic N) is 2. The Labute approximate surface area is 128 Å². The molecule has 0 radical (unpaired) electrons. The van der Waals surface area contributed by atoms with E-state index in [0.717, 1.165) is 18.2 Å². The van der Waals surface area contributed by atoms with Crippen LogP contribution in [0.5, 0.6) is 0 Å². The molecule has 0 amide bonds. The van der Waals surface area contributed by atoms with Crippen LogP contribution in [0.25, 0.3) is 0 Å². The standard InChI is InChI=1S/C13H18N2O6S/c1-3-7-14(8-4-2)22(20,21)12-6-5-10(13(16)17)9-11(12)15(18)19/h5-6,9H,3-4,7-8H2,1-2H3,(H,16,17). The molecule has 122 valence electrons. The summed E-state index contributed by atoms with van der Waals surface area (Å²) in [5.74, 6) is -1.36. The number of sulfonamides is 1. The van der Waals surface area contributed by atoms with Crippen LogP contribution in [0.15, 0.2) is 23.1 Å². The third-order valence-electron chi connectivity index (χ3n) is 2.97. The van der Waals surface area contributed by atoms with Gasteiger partial charge in [0, 0.05) is 19.2 Å². The minimum absolute atomic E-state index is 0.244. The summed E-state index contributed by atoms with van der Waals surface area (Å²) in [4.78, 5) is 20.6. The third kappa shape index (κ3) is 3.80. The van der Waals surface area contributed by atoms with Gasteiger partial charge in [-0.3, -0.25) is 10.1 Å². The molecular weight excluding hydrogens is 312 g/mol. The second-order valence-electron chi connectivity index (χ2n) is 4.65. The Morgan fingerprint density at radius 3 is 2.23 bits per heavy atom.